The molecule has 0 spiro atoms. The van der Waals surface area contributed by atoms with E-state index in [0.29, 0.717) is 16.7 Å². The fraction of sp³-hybridized carbons (Fsp3) is 0. The normalized spacial score (nSPS) is 10.3. The highest BCUT2D eigenvalue weighted by molar-refractivity contribution is 9.10. The first-order valence-electron chi connectivity index (χ1n) is 4.91. The van der Waals surface area contributed by atoms with E-state index in [1.54, 1.807) is 0 Å². The zero-order chi connectivity index (χ0) is 14.0. The molecule has 98 valence electrons. The van der Waals surface area contributed by atoms with E-state index in [1.807, 2.05) is 0 Å². The topological polar surface area (TPSA) is 54.9 Å². The second-order valence-electron chi connectivity index (χ2n) is 3.43. The first-order chi connectivity index (χ1) is 8.97. The van der Waals surface area contributed by atoms with Crippen LogP contribution in [0.25, 0.3) is 0 Å². The van der Waals surface area contributed by atoms with Crippen LogP contribution in [0.5, 0.6) is 0 Å². The van der Waals surface area contributed by atoms with E-state index < -0.39 is 23.4 Å². The van der Waals surface area contributed by atoms with Crippen molar-refractivity contribution in [1.29, 1.82) is 0 Å². The lowest BCUT2D eigenvalue weighted by atomic mass is 10.2. The third kappa shape index (κ3) is 3.08. The van der Waals surface area contributed by atoms with Gasteiger partial charge in [0.1, 0.15) is 4.60 Å². The molecule has 2 aromatic rings. The third-order valence-electron chi connectivity index (χ3n) is 2.11. The second-order valence-corrected chi connectivity index (χ2v) is 4.24. The van der Waals surface area contributed by atoms with Gasteiger partial charge in [-0.25, -0.2) is 23.1 Å². The van der Waals surface area contributed by atoms with Crippen LogP contribution in [0.1, 0.15) is 10.4 Å². The molecule has 0 saturated heterocycles. The van der Waals surface area contributed by atoms with Gasteiger partial charge >= 0.3 is 0 Å². The molecule has 19 heavy (non-hydrogen) atoms. The number of amides is 1. The van der Waals surface area contributed by atoms with Crippen molar-refractivity contribution in [2.24, 2.45) is 0 Å². The Balaban J connectivity index is 2.23. The molecule has 0 aliphatic rings. The Morgan fingerprint density at radius 1 is 1.11 bits per heavy atom. The maximum atomic E-state index is 13.0. The average Bonchev–Trinajstić information content (AvgIpc) is 2.38. The van der Waals surface area contributed by atoms with Crippen LogP contribution in [0.3, 0.4) is 0 Å². The summed E-state index contributed by atoms with van der Waals surface area (Å²) in [5.41, 5.74) is -0.360. The number of hydrogen-bond donors (Lipinski definition) is 1. The van der Waals surface area contributed by atoms with Crippen molar-refractivity contribution in [2.45, 2.75) is 0 Å². The molecule has 0 saturated carbocycles. The van der Waals surface area contributed by atoms with Crippen LogP contribution in [0.15, 0.2) is 29.1 Å². The minimum Gasteiger partial charge on any atom is -0.305 e. The minimum atomic E-state index is -1.63. The highest BCUT2D eigenvalue weighted by atomic mass is 79.9. The number of benzene rings is 1. The smallest absolute Gasteiger partial charge is 0.257 e. The summed E-state index contributed by atoms with van der Waals surface area (Å²) in [5.74, 6) is -5.23. The van der Waals surface area contributed by atoms with Crippen molar-refractivity contribution in [2.75, 3.05) is 5.32 Å². The number of nitrogens with zero attached hydrogens (tertiary/aromatic N) is 2. The summed E-state index contributed by atoms with van der Waals surface area (Å²) < 4.78 is 39.1. The summed E-state index contributed by atoms with van der Waals surface area (Å²) in [6, 6.07) is 1.19. The van der Waals surface area contributed by atoms with Crippen LogP contribution in [-0.2, 0) is 0 Å². The van der Waals surface area contributed by atoms with E-state index in [1.165, 1.54) is 12.4 Å². The number of anilines is 1. The number of carbonyl (C=O) groups is 1. The van der Waals surface area contributed by atoms with Gasteiger partial charge in [-0.15, -0.1) is 0 Å². The summed E-state index contributed by atoms with van der Waals surface area (Å²) >= 11 is 3.06. The van der Waals surface area contributed by atoms with Crippen molar-refractivity contribution in [1.82, 2.24) is 9.97 Å². The molecule has 0 fully saturated rings. The fourth-order valence-electron chi connectivity index (χ4n) is 1.25. The third-order valence-corrected chi connectivity index (χ3v) is 2.52. The number of nitrogens with one attached hydrogen (secondary N) is 1. The van der Waals surface area contributed by atoms with Crippen LogP contribution in [-0.4, -0.2) is 15.9 Å². The molecular formula is C11H5BrF3N3O. The molecule has 0 aliphatic heterocycles. The predicted molar refractivity (Wildman–Crippen MR) is 64.0 cm³/mol. The molecule has 1 aromatic heterocycles. The van der Waals surface area contributed by atoms with Crippen molar-refractivity contribution in [3.8, 4) is 0 Å². The Kier molecular flexibility index (Phi) is 3.79. The molecule has 1 heterocycles. The number of carbonyl (C=O) groups excluding carboxylic acids is 1. The van der Waals surface area contributed by atoms with Gasteiger partial charge in [-0.05, 0) is 28.1 Å². The Bertz CT molecular complexity index is 611. The molecule has 1 amide bonds. The fourth-order valence-corrected chi connectivity index (χ4v) is 1.46. The standard InChI is InChI=1S/C11H5BrF3N3O/c12-8-3-17-9(4-16-8)18-11(19)5-1-6(13)10(15)7(14)2-5/h1-4H,(H,17,18,19). The first kappa shape index (κ1) is 13.5. The van der Waals surface area contributed by atoms with Gasteiger partial charge in [0.15, 0.2) is 23.3 Å². The summed E-state index contributed by atoms with van der Waals surface area (Å²) in [6.07, 6.45) is 2.58. The van der Waals surface area contributed by atoms with Gasteiger partial charge < -0.3 is 5.32 Å². The number of rotatable bonds is 2. The lowest BCUT2D eigenvalue weighted by Gasteiger charge is -2.05. The van der Waals surface area contributed by atoms with Crippen LogP contribution in [0, 0.1) is 17.5 Å². The van der Waals surface area contributed by atoms with Gasteiger partial charge in [0.2, 0.25) is 0 Å². The monoisotopic (exact) mass is 331 g/mol. The first-order valence-corrected chi connectivity index (χ1v) is 5.70. The van der Waals surface area contributed by atoms with Crippen molar-refractivity contribution < 1.29 is 18.0 Å². The van der Waals surface area contributed by atoms with E-state index in [0.717, 1.165) is 0 Å². The SMILES string of the molecule is O=C(Nc1cnc(Br)cn1)c1cc(F)c(F)c(F)c1. The molecule has 0 unspecified atom stereocenters. The van der Waals surface area contributed by atoms with Gasteiger partial charge in [0, 0.05) is 5.56 Å². The Labute approximate surface area is 113 Å². The number of halogens is 4. The largest absolute Gasteiger partial charge is 0.305 e. The summed E-state index contributed by atoms with van der Waals surface area (Å²) in [6.45, 7) is 0. The molecule has 1 aromatic carbocycles. The zero-order valence-corrected chi connectivity index (χ0v) is 10.7. The van der Waals surface area contributed by atoms with E-state index >= 15 is 0 Å². The minimum absolute atomic E-state index is 0.0957. The Morgan fingerprint density at radius 2 is 1.74 bits per heavy atom. The quantitative estimate of drug-likeness (QED) is 0.861. The summed E-state index contributed by atoms with van der Waals surface area (Å²) in [7, 11) is 0. The summed E-state index contributed by atoms with van der Waals surface area (Å²) in [5, 5.41) is 2.27. The molecule has 1 N–H and O–H groups in total. The van der Waals surface area contributed by atoms with Crippen molar-refractivity contribution in [3.05, 3.63) is 52.1 Å². The van der Waals surface area contributed by atoms with E-state index in [9.17, 15) is 18.0 Å². The zero-order valence-electron chi connectivity index (χ0n) is 9.12. The molecule has 8 heteroatoms. The van der Waals surface area contributed by atoms with Crippen LogP contribution in [0.4, 0.5) is 19.0 Å². The summed E-state index contributed by atoms with van der Waals surface area (Å²) in [4.78, 5) is 19.3. The van der Waals surface area contributed by atoms with E-state index in [-0.39, 0.29) is 11.4 Å². The molecule has 2 rings (SSSR count). The molecule has 0 atom stereocenters. The van der Waals surface area contributed by atoms with Crippen molar-refractivity contribution >= 4 is 27.7 Å². The maximum Gasteiger partial charge on any atom is 0.257 e. The molecule has 4 nitrogen and oxygen atoms in total. The average molecular weight is 332 g/mol. The van der Waals surface area contributed by atoms with Gasteiger partial charge in [0.05, 0.1) is 12.4 Å². The lowest BCUT2D eigenvalue weighted by Crippen LogP contribution is -2.14. The van der Waals surface area contributed by atoms with Gasteiger partial charge in [-0.2, -0.15) is 0 Å². The Hall–Kier alpha value is -1.96. The lowest BCUT2D eigenvalue weighted by molar-refractivity contribution is 0.102. The van der Waals surface area contributed by atoms with Gasteiger partial charge in [-0.3, -0.25) is 4.79 Å². The van der Waals surface area contributed by atoms with Crippen LogP contribution in [0.2, 0.25) is 0 Å². The number of hydrogen-bond acceptors (Lipinski definition) is 3. The van der Waals surface area contributed by atoms with Crippen LogP contribution >= 0.6 is 15.9 Å². The maximum absolute atomic E-state index is 13.0. The van der Waals surface area contributed by atoms with Crippen LogP contribution < -0.4 is 5.32 Å². The molecule has 0 bridgehead atoms. The second kappa shape index (κ2) is 5.35. The molecular weight excluding hydrogens is 327 g/mol. The molecule has 0 aliphatic carbocycles. The number of aromatic nitrogens is 2. The molecule has 0 radical (unpaired) electrons. The Morgan fingerprint density at radius 3 is 2.26 bits per heavy atom. The van der Waals surface area contributed by atoms with E-state index in [2.05, 4.69) is 31.2 Å². The highest BCUT2D eigenvalue weighted by Crippen LogP contribution is 2.15. The highest BCUT2D eigenvalue weighted by Gasteiger charge is 2.15. The van der Waals surface area contributed by atoms with Gasteiger partial charge in [0.25, 0.3) is 5.91 Å². The predicted octanol–water partition coefficient (Wildman–Crippen LogP) is 2.91. The van der Waals surface area contributed by atoms with Gasteiger partial charge in [-0.1, -0.05) is 0 Å². The van der Waals surface area contributed by atoms with Crippen molar-refractivity contribution in [3.63, 3.8) is 0 Å². The van der Waals surface area contributed by atoms with E-state index in [4.69, 9.17) is 0 Å².